The predicted molar refractivity (Wildman–Crippen MR) is 113 cm³/mol. The molecule has 2 heterocycles. The van der Waals surface area contributed by atoms with Gasteiger partial charge in [0.1, 0.15) is 0 Å². The highest BCUT2D eigenvalue weighted by molar-refractivity contribution is 5.79. The molecular weight excluding hydrogens is 346 g/mol. The van der Waals surface area contributed by atoms with E-state index in [1.165, 1.54) is 36.1 Å². The quantitative estimate of drug-likeness (QED) is 0.735. The molecule has 0 unspecified atom stereocenters. The van der Waals surface area contributed by atoms with Crippen LogP contribution in [-0.2, 0) is 11.2 Å². The van der Waals surface area contributed by atoms with Gasteiger partial charge in [0, 0.05) is 45.1 Å². The molecule has 1 aromatic carbocycles. The lowest BCUT2D eigenvalue weighted by Gasteiger charge is -2.24. The molecule has 0 spiro atoms. The minimum Gasteiger partial charge on any atom is -0.341 e. The molecule has 28 heavy (non-hydrogen) atoms. The summed E-state index contributed by atoms with van der Waals surface area (Å²) in [6.45, 7) is 7.03. The molecule has 1 aliphatic heterocycles. The third-order valence-electron chi connectivity index (χ3n) is 5.98. The van der Waals surface area contributed by atoms with Crippen LogP contribution in [0.5, 0.6) is 0 Å². The zero-order chi connectivity index (χ0) is 19.3. The summed E-state index contributed by atoms with van der Waals surface area (Å²) in [6, 6.07) is 12.8. The fourth-order valence-corrected chi connectivity index (χ4v) is 4.25. The van der Waals surface area contributed by atoms with E-state index in [0.29, 0.717) is 5.91 Å². The first-order chi connectivity index (χ1) is 13.7. The Morgan fingerprint density at radius 3 is 2.39 bits per heavy atom. The highest BCUT2D eigenvalue weighted by Gasteiger charge is 2.32. The zero-order valence-corrected chi connectivity index (χ0v) is 16.9. The van der Waals surface area contributed by atoms with Crippen molar-refractivity contribution in [2.45, 2.75) is 32.6 Å². The third kappa shape index (κ3) is 4.79. The van der Waals surface area contributed by atoms with Gasteiger partial charge in [-0.1, -0.05) is 31.2 Å². The van der Waals surface area contributed by atoms with Crippen LogP contribution in [0.2, 0.25) is 0 Å². The summed E-state index contributed by atoms with van der Waals surface area (Å²) in [7, 11) is 0. The first kappa shape index (κ1) is 19.1. The van der Waals surface area contributed by atoms with Gasteiger partial charge in [0.15, 0.2) is 0 Å². The number of carbonyl (C=O) groups is 1. The Morgan fingerprint density at radius 1 is 1.00 bits per heavy atom. The molecular formula is C24H31N3O. The second-order valence-corrected chi connectivity index (χ2v) is 8.36. The molecule has 4 nitrogen and oxygen atoms in total. The Hall–Kier alpha value is -2.20. The molecule has 4 heteroatoms. The van der Waals surface area contributed by atoms with Crippen molar-refractivity contribution in [2.24, 2.45) is 11.8 Å². The lowest BCUT2D eigenvalue weighted by Crippen LogP contribution is -2.37. The normalized spacial score (nSPS) is 21.0. The lowest BCUT2D eigenvalue weighted by molar-refractivity contribution is -0.134. The molecule has 0 bridgehead atoms. The maximum absolute atomic E-state index is 13.2. The fourth-order valence-electron chi connectivity index (χ4n) is 4.25. The second-order valence-electron chi connectivity index (χ2n) is 8.36. The van der Waals surface area contributed by atoms with Gasteiger partial charge in [-0.05, 0) is 60.4 Å². The fraction of sp³-hybridized carbons (Fsp3) is 0.500. The summed E-state index contributed by atoms with van der Waals surface area (Å²) in [5, 5.41) is 0. The van der Waals surface area contributed by atoms with E-state index in [1.807, 2.05) is 24.5 Å². The van der Waals surface area contributed by atoms with Gasteiger partial charge in [-0.15, -0.1) is 0 Å². The Bertz CT molecular complexity index is 770. The van der Waals surface area contributed by atoms with E-state index < -0.39 is 0 Å². The van der Waals surface area contributed by atoms with Crippen molar-refractivity contribution in [3.8, 4) is 11.1 Å². The van der Waals surface area contributed by atoms with Gasteiger partial charge >= 0.3 is 0 Å². The van der Waals surface area contributed by atoms with Crippen molar-refractivity contribution in [2.75, 3.05) is 32.7 Å². The molecule has 1 saturated carbocycles. The van der Waals surface area contributed by atoms with E-state index in [1.54, 1.807) is 0 Å². The number of rotatable bonds is 7. The van der Waals surface area contributed by atoms with E-state index in [0.717, 1.165) is 44.9 Å². The van der Waals surface area contributed by atoms with Crippen LogP contribution in [0.25, 0.3) is 11.1 Å². The smallest absolute Gasteiger partial charge is 0.227 e. The Morgan fingerprint density at radius 2 is 1.71 bits per heavy atom. The average molecular weight is 378 g/mol. The highest BCUT2D eigenvalue weighted by Crippen LogP contribution is 2.31. The van der Waals surface area contributed by atoms with Crippen LogP contribution in [0.4, 0.5) is 0 Å². The predicted octanol–water partition coefficient (Wildman–Crippen LogP) is 3.87. The van der Waals surface area contributed by atoms with Crippen molar-refractivity contribution < 1.29 is 4.79 Å². The van der Waals surface area contributed by atoms with Crippen LogP contribution in [0, 0.1) is 11.8 Å². The number of aromatic nitrogens is 1. The molecule has 0 radical (unpaired) electrons. The Kier molecular flexibility index (Phi) is 6.06. The molecule has 1 aliphatic carbocycles. The molecule has 1 amide bonds. The van der Waals surface area contributed by atoms with Gasteiger partial charge in [-0.25, -0.2) is 0 Å². The van der Waals surface area contributed by atoms with Crippen molar-refractivity contribution in [1.29, 1.82) is 0 Å². The third-order valence-corrected chi connectivity index (χ3v) is 5.98. The molecule has 2 fully saturated rings. The standard InChI is InChI=1S/C24H31N3O/c1-2-13-27-15-14-26(17-20-3-4-20)18-23(24(27)28)16-19-5-7-21(8-6-19)22-9-11-25-12-10-22/h5-12,20,23H,2-4,13-18H2,1H3/t23-/m0/s1. The van der Waals surface area contributed by atoms with Gasteiger partial charge in [-0.3, -0.25) is 9.78 Å². The number of amides is 1. The van der Waals surface area contributed by atoms with E-state index >= 15 is 0 Å². The number of nitrogens with zero attached hydrogens (tertiary/aromatic N) is 3. The van der Waals surface area contributed by atoms with Crippen molar-refractivity contribution in [3.05, 3.63) is 54.4 Å². The minimum atomic E-state index is 0.0691. The lowest BCUT2D eigenvalue weighted by atomic mass is 9.95. The maximum Gasteiger partial charge on any atom is 0.227 e. The average Bonchev–Trinajstić information content (AvgIpc) is 3.56. The second kappa shape index (κ2) is 8.87. The first-order valence-electron chi connectivity index (χ1n) is 10.7. The number of benzene rings is 1. The van der Waals surface area contributed by atoms with Crippen LogP contribution in [-0.4, -0.2) is 53.4 Å². The summed E-state index contributed by atoms with van der Waals surface area (Å²) in [5.41, 5.74) is 3.62. The number of hydrogen-bond acceptors (Lipinski definition) is 3. The van der Waals surface area contributed by atoms with Gasteiger partial charge in [0.05, 0.1) is 5.92 Å². The van der Waals surface area contributed by atoms with Crippen LogP contribution < -0.4 is 0 Å². The highest BCUT2D eigenvalue weighted by atomic mass is 16.2. The van der Waals surface area contributed by atoms with Gasteiger partial charge in [-0.2, -0.15) is 0 Å². The molecule has 0 N–H and O–H groups in total. The van der Waals surface area contributed by atoms with Crippen LogP contribution in [0.3, 0.4) is 0 Å². The topological polar surface area (TPSA) is 36.4 Å². The van der Waals surface area contributed by atoms with E-state index in [-0.39, 0.29) is 5.92 Å². The molecule has 1 aromatic heterocycles. The Balaban J connectivity index is 1.47. The molecule has 2 aromatic rings. The van der Waals surface area contributed by atoms with Crippen molar-refractivity contribution in [1.82, 2.24) is 14.8 Å². The van der Waals surface area contributed by atoms with Gasteiger partial charge in [0.2, 0.25) is 5.91 Å². The SMILES string of the molecule is CCCN1CCN(CC2CC2)C[C@H](Cc2ccc(-c3ccncc3)cc2)C1=O. The molecule has 2 aliphatic rings. The largest absolute Gasteiger partial charge is 0.341 e. The van der Waals surface area contributed by atoms with Crippen LogP contribution in [0.1, 0.15) is 31.7 Å². The number of hydrogen-bond donors (Lipinski definition) is 0. The molecule has 1 saturated heterocycles. The summed E-state index contributed by atoms with van der Waals surface area (Å²) < 4.78 is 0. The minimum absolute atomic E-state index is 0.0691. The first-order valence-corrected chi connectivity index (χ1v) is 10.7. The number of carbonyl (C=O) groups excluding carboxylic acids is 1. The van der Waals surface area contributed by atoms with Gasteiger partial charge < -0.3 is 9.80 Å². The monoisotopic (exact) mass is 377 g/mol. The van der Waals surface area contributed by atoms with Gasteiger partial charge in [0.25, 0.3) is 0 Å². The molecule has 1 atom stereocenters. The summed E-state index contributed by atoms with van der Waals surface area (Å²) in [5.74, 6) is 1.28. The molecule has 148 valence electrons. The summed E-state index contributed by atoms with van der Waals surface area (Å²) >= 11 is 0. The van der Waals surface area contributed by atoms with E-state index in [2.05, 4.69) is 46.0 Å². The number of pyridine rings is 1. The van der Waals surface area contributed by atoms with Crippen LogP contribution in [0.15, 0.2) is 48.8 Å². The Labute approximate surface area is 168 Å². The van der Waals surface area contributed by atoms with Crippen molar-refractivity contribution in [3.63, 3.8) is 0 Å². The van der Waals surface area contributed by atoms with Crippen molar-refractivity contribution >= 4 is 5.91 Å². The van der Waals surface area contributed by atoms with E-state index in [4.69, 9.17) is 0 Å². The molecule has 4 rings (SSSR count). The van der Waals surface area contributed by atoms with E-state index in [9.17, 15) is 4.79 Å². The summed E-state index contributed by atoms with van der Waals surface area (Å²) in [4.78, 5) is 21.9. The summed E-state index contributed by atoms with van der Waals surface area (Å²) in [6.07, 6.45) is 8.24. The zero-order valence-electron chi connectivity index (χ0n) is 16.9. The maximum atomic E-state index is 13.2. The van der Waals surface area contributed by atoms with Crippen LogP contribution >= 0.6 is 0 Å².